The minimum Gasteiger partial charge on any atom is -0.369 e. The Labute approximate surface area is 133 Å². The highest BCUT2D eigenvalue weighted by atomic mass is 16.6. The Morgan fingerprint density at radius 3 is 2.65 bits per heavy atom. The zero-order valence-corrected chi connectivity index (χ0v) is 12.6. The molecule has 0 bridgehead atoms. The molecular weight excluding hydrogens is 302 g/mol. The number of carbonyl (C=O) groups is 2. The second-order valence-corrected chi connectivity index (χ2v) is 5.29. The van der Waals surface area contributed by atoms with Gasteiger partial charge in [0.25, 0.3) is 5.69 Å². The van der Waals surface area contributed by atoms with Gasteiger partial charge in [-0.25, -0.2) is 4.79 Å². The van der Waals surface area contributed by atoms with Crippen molar-refractivity contribution in [1.29, 1.82) is 0 Å². The van der Waals surface area contributed by atoms with Gasteiger partial charge in [-0.2, -0.15) is 0 Å². The molecule has 9 heteroatoms. The number of rotatable bonds is 4. The van der Waals surface area contributed by atoms with Gasteiger partial charge in [0.05, 0.1) is 11.5 Å². The number of primary amides is 1. The number of nitro groups is 1. The van der Waals surface area contributed by atoms with Gasteiger partial charge in [0, 0.05) is 32.2 Å². The van der Waals surface area contributed by atoms with E-state index in [4.69, 9.17) is 5.73 Å². The van der Waals surface area contributed by atoms with Crippen LogP contribution in [0.4, 0.5) is 16.2 Å². The van der Waals surface area contributed by atoms with Crippen LogP contribution in [0.3, 0.4) is 0 Å². The Kier molecular flexibility index (Phi) is 5.47. The number of benzene rings is 1. The number of nitrogens with two attached hydrogens (primary N) is 1. The van der Waals surface area contributed by atoms with Gasteiger partial charge in [0.2, 0.25) is 5.91 Å². The van der Waals surface area contributed by atoms with Crippen molar-refractivity contribution in [2.45, 2.75) is 6.42 Å². The summed E-state index contributed by atoms with van der Waals surface area (Å²) in [4.78, 5) is 37.2. The van der Waals surface area contributed by atoms with Crippen LogP contribution in [-0.4, -0.2) is 59.4 Å². The first-order valence-electron chi connectivity index (χ1n) is 7.27. The van der Waals surface area contributed by atoms with Crippen LogP contribution < -0.4 is 11.1 Å². The van der Waals surface area contributed by atoms with E-state index in [0.717, 1.165) is 0 Å². The fourth-order valence-electron chi connectivity index (χ4n) is 2.49. The molecule has 0 atom stereocenters. The van der Waals surface area contributed by atoms with Crippen molar-refractivity contribution in [3.8, 4) is 0 Å². The highest BCUT2D eigenvalue weighted by molar-refractivity contribution is 5.91. The second kappa shape index (κ2) is 7.54. The number of anilines is 1. The summed E-state index contributed by atoms with van der Waals surface area (Å²) in [5, 5.41) is 13.6. The van der Waals surface area contributed by atoms with E-state index in [1.165, 1.54) is 12.1 Å². The third-order valence-corrected chi connectivity index (χ3v) is 3.60. The molecule has 1 aliphatic heterocycles. The molecule has 0 aromatic heterocycles. The van der Waals surface area contributed by atoms with Gasteiger partial charge in [-0.1, -0.05) is 12.1 Å². The topological polar surface area (TPSA) is 122 Å². The summed E-state index contributed by atoms with van der Waals surface area (Å²) in [6, 6.07) is 5.61. The van der Waals surface area contributed by atoms with Crippen LogP contribution in [0.1, 0.15) is 6.42 Å². The fraction of sp³-hybridized carbons (Fsp3) is 0.429. The SMILES string of the molecule is NC(=O)CN1CCCN(C(=O)Nc2ccccc2[N+](=O)[O-])CC1. The van der Waals surface area contributed by atoms with Crippen molar-refractivity contribution in [3.05, 3.63) is 34.4 Å². The summed E-state index contributed by atoms with van der Waals surface area (Å²) in [5.41, 5.74) is 5.20. The van der Waals surface area contributed by atoms with Gasteiger partial charge >= 0.3 is 6.03 Å². The maximum atomic E-state index is 12.3. The largest absolute Gasteiger partial charge is 0.369 e. The number of para-hydroxylation sites is 2. The van der Waals surface area contributed by atoms with Gasteiger partial charge in [-0.05, 0) is 12.5 Å². The molecule has 0 radical (unpaired) electrons. The highest BCUT2D eigenvalue weighted by Gasteiger charge is 2.22. The van der Waals surface area contributed by atoms with Crippen molar-refractivity contribution in [1.82, 2.24) is 9.80 Å². The van der Waals surface area contributed by atoms with E-state index >= 15 is 0 Å². The van der Waals surface area contributed by atoms with E-state index in [9.17, 15) is 19.7 Å². The fourth-order valence-corrected chi connectivity index (χ4v) is 2.49. The van der Waals surface area contributed by atoms with Gasteiger partial charge in [0.15, 0.2) is 0 Å². The monoisotopic (exact) mass is 321 g/mol. The molecule has 2 rings (SSSR count). The van der Waals surface area contributed by atoms with Crippen LogP contribution >= 0.6 is 0 Å². The molecule has 9 nitrogen and oxygen atoms in total. The molecule has 23 heavy (non-hydrogen) atoms. The first-order valence-corrected chi connectivity index (χ1v) is 7.27. The minimum absolute atomic E-state index is 0.147. The van der Waals surface area contributed by atoms with Crippen LogP contribution in [0.5, 0.6) is 0 Å². The Morgan fingerprint density at radius 1 is 1.22 bits per heavy atom. The van der Waals surface area contributed by atoms with E-state index in [0.29, 0.717) is 32.6 Å². The van der Waals surface area contributed by atoms with Gasteiger partial charge in [-0.15, -0.1) is 0 Å². The zero-order chi connectivity index (χ0) is 16.8. The minimum atomic E-state index is -0.535. The maximum Gasteiger partial charge on any atom is 0.322 e. The number of carbonyl (C=O) groups excluding carboxylic acids is 2. The first-order chi connectivity index (χ1) is 11.0. The van der Waals surface area contributed by atoms with Crippen molar-refractivity contribution in [2.24, 2.45) is 5.73 Å². The molecule has 3 amide bonds. The lowest BCUT2D eigenvalue weighted by Crippen LogP contribution is -2.39. The summed E-state index contributed by atoms with van der Waals surface area (Å²) < 4.78 is 0. The predicted octanol–water partition coefficient (Wildman–Crippen LogP) is 0.620. The molecule has 1 heterocycles. The van der Waals surface area contributed by atoms with Crippen LogP contribution in [-0.2, 0) is 4.79 Å². The normalized spacial score (nSPS) is 15.7. The van der Waals surface area contributed by atoms with E-state index in [1.54, 1.807) is 17.0 Å². The number of nitrogens with zero attached hydrogens (tertiary/aromatic N) is 3. The van der Waals surface area contributed by atoms with Gasteiger partial charge in [-0.3, -0.25) is 19.8 Å². The molecule has 0 aliphatic carbocycles. The lowest BCUT2D eigenvalue weighted by Gasteiger charge is -2.21. The lowest BCUT2D eigenvalue weighted by molar-refractivity contribution is -0.383. The summed E-state index contributed by atoms with van der Waals surface area (Å²) in [7, 11) is 0. The number of urea groups is 1. The number of hydrogen-bond donors (Lipinski definition) is 2. The average Bonchev–Trinajstić information content (AvgIpc) is 2.72. The third kappa shape index (κ3) is 4.65. The number of amides is 3. The number of hydrogen-bond acceptors (Lipinski definition) is 5. The van der Waals surface area contributed by atoms with Gasteiger partial charge < -0.3 is 16.0 Å². The van der Waals surface area contributed by atoms with Crippen molar-refractivity contribution in [3.63, 3.8) is 0 Å². The predicted molar refractivity (Wildman–Crippen MR) is 83.9 cm³/mol. The van der Waals surface area contributed by atoms with Crippen molar-refractivity contribution in [2.75, 3.05) is 38.0 Å². The third-order valence-electron chi connectivity index (χ3n) is 3.60. The average molecular weight is 321 g/mol. The Balaban J connectivity index is 1.99. The van der Waals surface area contributed by atoms with E-state index in [1.807, 2.05) is 4.90 Å². The molecule has 0 spiro atoms. The standard InChI is InChI=1S/C14H19N5O4/c15-13(20)10-17-6-3-7-18(9-8-17)14(21)16-11-4-1-2-5-12(11)19(22)23/h1-2,4-5H,3,6-10H2,(H2,15,20)(H,16,21). The van der Waals surface area contributed by atoms with Crippen LogP contribution in [0.2, 0.25) is 0 Å². The highest BCUT2D eigenvalue weighted by Crippen LogP contribution is 2.23. The molecule has 1 aromatic carbocycles. The van der Waals surface area contributed by atoms with E-state index in [2.05, 4.69) is 5.32 Å². The molecule has 0 unspecified atom stereocenters. The Morgan fingerprint density at radius 2 is 1.96 bits per heavy atom. The molecule has 3 N–H and O–H groups in total. The second-order valence-electron chi connectivity index (χ2n) is 5.29. The lowest BCUT2D eigenvalue weighted by atomic mass is 10.2. The van der Waals surface area contributed by atoms with E-state index in [-0.39, 0.29) is 24.0 Å². The molecule has 124 valence electrons. The van der Waals surface area contributed by atoms with Crippen molar-refractivity contribution < 1.29 is 14.5 Å². The summed E-state index contributed by atoms with van der Waals surface area (Å²) in [6.45, 7) is 2.33. The number of nitrogens with one attached hydrogen (secondary N) is 1. The summed E-state index contributed by atoms with van der Waals surface area (Å²) >= 11 is 0. The van der Waals surface area contributed by atoms with Crippen LogP contribution in [0.25, 0.3) is 0 Å². The van der Waals surface area contributed by atoms with Crippen LogP contribution in [0.15, 0.2) is 24.3 Å². The number of nitro benzene ring substituents is 1. The molecule has 1 aromatic rings. The van der Waals surface area contributed by atoms with Crippen molar-refractivity contribution >= 4 is 23.3 Å². The molecule has 1 aliphatic rings. The molecule has 1 saturated heterocycles. The summed E-state index contributed by atoms with van der Waals surface area (Å²) in [6.07, 6.45) is 0.706. The molecule has 0 saturated carbocycles. The smallest absolute Gasteiger partial charge is 0.322 e. The molecular formula is C14H19N5O4. The summed E-state index contributed by atoms with van der Waals surface area (Å²) in [5.74, 6) is -0.400. The first kappa shape index (κ1) is 16.7. The zero-order valence-electron chi connectivity index (χ0n) is 12.6. The maximum absolute atomic E-state index is 12.3. The van der Waals surface area contributed by atoms with Gasteiger partial charge in [0.1, 0.15) is 5.69 Å². The van der Waals surface area contributed by atoms with Crippen LogP contribution in [0, 0.1) is 10.1 Å². The van der Waals surface area contributed by atoms with E-state index < -0.39 is 10.8 Å². The quantitative estimate of drug-likeness (QED) is 0.622. The molecule has 1 fully saturated rings. The Hall–Kier alpha value is -2.68. The Bertz CT molecular complexity index is 607.